The second kappa shape index (κ2) is 9.47. The molecule has 162 valence electrons. The van der Waals surface area contributed by atoms with E-state index >= 15 is 0 Å². The average molecular weight is 414 g/mol. The van der Waals surface area contributed by atoms with E-state index in [1.807, 2.05) is 37.1 Å². The van der Waals surface area contributed by atoms with Crippen LogP contribution in [0.4, 0.5) is 0 Å². The first-order valence-electron chi connectivity index (χ1n) is 10.5. The molecule has 0 radical (unpaired) electrons. The molecule has 2 aromatic rings. The molecule has 0 aliphatic heterocycles. The summed E-state index contributed by atoms with van der Waals surface area (Å²) in [6, 6.07) is 12.6. The molecule has 0 heterocycles. The molecule has 1 amide bonds. The molecule has 5 atom stereocenters. The summed E-state index contributed by atoms with van der Waals surface area (Å²) in [4.78, 5) is 23.4. The van der Waals surface area contributed by atoms with Gasteiger partial charge in [-0.1, -0.05) is 24.3 Å². The van der Waals surface area contributed by atoms with E-state index in [2.05, 4.69) is 18.2 Å². The van der Waals surface area contributed by atoms with Crippen LogP contribution >= 0.6 is 0 Å². The largest absolute Gasteiger partial charge is 0.497 e. The molecule has 2 aliphatic rings. The molecule has 6 heteroatoms. The monoisotopic (exact) mass is 413 g/mol. The van der Waals surface area contributed by atoms with E-state index in [-0.39, 0.29) is 24.4 Å². The minimum atomic E-state index is -0.250. The van der Waals surface area contributed by atoms with Crippen LogP contribution in [0.15, 0.2) is 36.4 Å². The summed E-state index contributed by atoms with van der Waals surface area (Å²) < 4.78 is 5.29. The number of carbonyl (C=O) groups is 2. The highest BCUT2D eigenvalue weighted by molar-refractivity contribution is 5.88. The normalized spacial score (nSPS) is 25.7. The zero-order valence-electron chi connectivity index (χ0n) is 17.8. The van der Waals surface area contributed by atoms with E-state index in [0.717, 1.165) is 47.8 Å². The van der Waals surface area contributed by atoms with Crippen molar-refractivity contribution in [2.24, 2.45) is 11.8 Å². The van der Waals surface area contributed by atoms with Crippen LogP contribution < -0.4 is 4.74 Å². The van der Waals surface area contributed by atoms with Crippen LogP contribution in [-0.4, -0.2) is 53.8 Å². The number of hydrogen-bond acceptors (Lipinski definition) is 4. The van der Waals surface area contributed by atoms with Crippen LogP contribution in [0.2, 0.25) is 0 Å². The number of carboxylic acid groups (broad SMARTS) is 1. The quantitative estimate of drug-likeness (QED) is 0.747. The zero-order valence-corrected chi connectivity index (χ0v) is 17.8. The molecule has 6 nitrogen and oxygen atoms in total. The number of benzene rings is 2. The zero-order chi connectivity index (χ0) is 21.8. The molecule has 0 spiro atoms. The number of methoxy groups -OCH3 is 1. The number of likely N-dealkylation sites (N-methyl/N-ethyl adjacent to an activating group) is 1. The minimum Gasteiger partial charge on any atom is -0.497 e. The molecular formula is C24H31NO5. The van der Waals surface area contributed by atoms with Crippen molar-refractivity contribution in [3.05, 3.63) is 42.0 Å². The standard InChI is InChI=1S/C23H29NO3.CH2O2/c1-14(15-4-5-17-13-22(27-3)7-6-16(17)8-15)23(26)24(2)20-9-18-11-21(25)12-19(18)10-20;2-1-3/h4-8,13-14,18-21,25H,9-12H2,1-3H3;1H,(H,2,3)/t14-,18-,19+,20?,21?;/m0./s1. The molecule has 4 rings (SSSR count). The summed E-state index contributed by atoms with van der Waals surface area (Å²) in [5, 5.41) is 19.0. The maximum absolute atomic E-state index is 13.1. The van der Waals surface area contributed by atoms with Gasteiger partial charge in [-0.25, -0.2) is 0 Å². The lowest BCUT2D eigenvalue weighted by Crippen LogP contribution is -2.38. The van der Waals surface area contributed by atoms with Gasteiger partial charge in [-0.05, 0) is 72.9 Å². The van der Waals surface area contributed by atoms with E-state index in [1.165, 1.54) is 0 Å². The van der Waals surface area contributed by atoms with Gasteiger partial charge in [0.15, 0.2) is 0 Å². The maximum Gasteiger partial charge on any atom is 0.290 e. The molecule has 0 saturated heterocycles. The molecule has 0 aromatic heterocycles. The molecule has 2 saturated carbocycles. The van der Waals surface area contributed by atoms with Crippen molar-refractivity contribution < 1.29 is 24.5 Å². The van der Waals surface area contributed by atoms with Crippen molar-refractivity contribution in [2.45, 2.75) is 50.7 Å². The Labute approximate surface area is 177 Å². The van der Waals surface area contributed by atoms with Crippen LogP contribution in [0, 0.1) is 11.8 Å². The highest BCUT2D eigenvalue weighted by Gasteiger charge is 2.43. The number of aliphatic hydroxyl groups excluding tert-OH is 1. The molecule has 2 unspecified atom stereocenters. The SMILES string of the molecule is COc1ccc2cc([C@H](C)C(=O)N(C)C3C[C@H]4CC(O)C[C@H]4C3)ccc2c1.O=CO. The van der Waals surface area contributed by atoms with Gasteiger partial charge in [0, 0.05) is 13.1 Å². The number of hydrogen-bond donors (Lipinski definition) is 2. The van der Waals surface area contributed by atoms with Crippen molar-refractivity contribution in [3.8, 4) is 5.75 Å². The van der Waals surface area contributed by atoms with Crippen molar-refractivity contribution in [1.82, 2.24) is 4.90 Å². The number of amides is 1. The predicted molar refractivity (Wildman–Crippen MR) is 116 cm³/mol. The summed E-state index contributed by atoms with van der Waals surface area (Å²) >= 11 is 0. The van der Waals surface area contributed by atoms with E-state index in [1.54, 1.807) is 7.11 Å². The van der Waals surface area contributed by atoms with Gasteiger partial charge in [-0.2, -0.15) is 0 Å². The Balaban J connectivity index is 0.000000806. The summed E-state index contributed by atoms with van der Waals surface area (Å²) in [7, 11) is 3.62. The molecular weight excluding hydrogens is 382 g/mol. The van der Waals surface area contributed by atoms with Crippen LogP contribution in [-0.2, 0) is 9.59 Å². The third kappa shape index (κ3) is 4.59. The predicted octanol–water partition coefficient (Wildman–Crippen LogP) is 3.66. The van der Waals surface area contributed by atoms with Gasteiger partial charge in [0.2, 0.25) is 5.91 Å². The number of rotatable bonds is 4. The van der Waals surface area contributed by atoms with Crippen LogP contribution in [0.5, 0.6) is 5.75 Å². The first-order valence-corrected chi connectivity index (χ1v) is 10.5. The molecule has 2 fully saturated rings. The van der Waals surface area contributed by atoms with E-state index in [0.29, 0.717) is 17.9 Å². The van der Waals surface area contributed by atoms with Gasteiger partial charge in [-0.3, -0.25) is 9.59 Å². The van der Waals surface area contributed by atoms with Gasteiger partial charge < -0.3 is 19.8 Å². The molecule has 2 aliphatic carbocycles. The third-order valence-corrected chi connectivity index (χ3v) is 6.80. The van der Waals surface area contributed by atoms with Crippen molar-refractivity contribution >= 4 is 23.2 Å². The Morgan fingerprint density at radius 1 is 1.10 bits per heavy atom. The first-order chi connectivity index (χ1) is 14.4. The molecule has 30 heavy (non-hydrogen) atoms. The van der Waals surface area contributed by atoms with Gasteiger partial charge >= 0.3 is 0 Å². The fourth-order valence-electron chi connectivity index (χ4n) is 5.14. The molecule has 0 bridgehead atoms. The Bertz CT molecular complexity index is 884. The number of aliphatic hydroxyl groups is 1. The topological polar surface area (TPSA) is 87.1 Å². The highest BCUT2D eigenvalue weighted by Crippen LogP contribution is 2.45. The van der Waals surface area contributed by atoms with Gasteiger partial charge in [0.1, 0.15) is 5.75 Å². The number of fused-ring (bicyclic) bond motifs is 2. The molecule has 2 N–H and O–H groups in total. The second-order valence-electron chi connectivity index (χ2n) is 8.52. The maximum atomic E-state index is 13.1. The van der Waals surface area contributed by atoms with Crippen LogP contribution in [0.1, 0.15) is 44.1 Å². The fourth-order valence-corrected chi connectivity index (χ4v) is 5.14. The summed E-state index contributed by atoms with van der Waals surface area (Å²) in [6.45, 7) is 1.75. The smallest absolute Gasteiger partial charge is 0.290 e. The number of carbonyl (C=O) groups excluding carboxylic acids is 1. The Morgan fingerprint density at radius 3 is 2.27 bits per heavy atom. The molecule has 2 aromatic carbocycles. The van der Waals surface area contributed by atoms with Crippen LogP contribution in [0.25, 0.3) is 10.8 Å². The van der Waals surface area contributed by atoms with Crippen LogP contribution in [0.3, 0.4) is 0 Å². The van der Waals surface area contributed by atoms with Crippen molar-refractivity contribution in [1.29, 1.82) is 0 Å². The lowest BCUT2D eigenvalue weighted by Gasteiger charge is -2.28. The summed E-state index contributed by atoms with van der Waals surface area (Å²) in [5.74, 6) is 2.05. The van der Waals surface area contributed by atoms with Crippen molar-refractivity contribution in [3.63, 3.8) is 0 Å². The number of nitrogens with zero attached hydrogens (tertiary/aromatic N) is 1. The summed E-state index contributed by atoms with van der Waals surface area (Å²) in [6.07, 6.45) is 3.76. The Hall–Kier alpha value is -2.60. The van der Waals surface area contributed by atoms with Gasteiger partial charge in [0.25, 0.3) is 6.47 Å². The lowest BCUT2D eigenvalue weighted by atomic mass is 9.95. The third-order valence-electron chi connectivity index (χ3n) is 6.80. The van der Waals surface area contributed by atoms with E-state index in [9.17, 15) is 9.90 Å². The van der Waals surface area contributed by atoms with E-state index < -0.39 is 0 Å². The Morgan fingerprint density at radius 2 is 1.67 bits per heavy atom. The average Bonchev–Trinajstić information content (AvgIpc) is 3.29. The highest BCUT2D eigenvalue weighted by atomic mass is 16.5. The first kappa shape index (κ1) is 22.1. The second-order valence-corrected chi connectivity index (χ2v) is 8.52. The van der Waals surface area contributed by atoms with Gasteiger partial charge in [0.05, 0.1) is 19.1 Å². The van der Waals surface area contributed by atoms with Crippen molar-refractivity contribution in [2.75, 3.05) is 14.2 Å². The number of ether oxygens (including phenoxy) is 1. The lowest BCUT2D eigenvalue weighted by molar-refractivity contribution is -0.133. The fraction of sp³-hybridized carbons (Fsp3) is 0.500. The van der Waals surface area contributed by atoms with E-state index in [4.69, 9.17) is 14.6 Å². The van der Waals surface area contributed by atoms with Gasteiger partial charge in [-0.15, -0.1) is 0 Å². The Kier molecular flexibility index (Phi) is 6.98. The minimum absolute atomic E-state index is 0.128. The summed E-state index contributed by atoms with van der Waals surface area (Å²) in [5.41, 5.74) is 1.05.